The van der Waals surface area contributed by atoms with Gasteiger partial charge in [-0.05, 0) is 13.0 Å². The molecule has 0 aromatic carbocycles. The lowest BCUT2D eigenvalue weighted by molar-refractivity contribution is -0.130. The Kier molecular flexibility index (Phi) is 5.04. The van der Waals surface area contributed by atoms with Crippen molar-refractivity contribution in [2.75, 3.05) is 20.2 Å². The van der Waals surface area contributed by atoms with Crippen LogP contribution in [0.1, 0.15) is 25.3 Å². The lowest BCUT2D eigenvalue weighted by atomic mass is 10.2. The number of carbonyl (C=O) groups excluding carboxylic acids is 1. The third kappa shape index (κ3) is 3.48. The van der Waals surface area contributed by atoms with Gasteiger partial charge in [-0.2, -0.15) is 4.98 Å². The average Bonchev–Trinajstić information content (AvgIpc) is 3.33. The number of aromatic nitrogens is 5. The van der Waals surface area contributed by atoms with Crippen molar-refractivity contribution in [1.29, 1.82) is 0 Å². The summed E-state index contributed by atoms with van der Waals surface area (Å²) < 4.78 is 13.3. The number of carbonyl (C=O) groups is 1. The number of nitrogens with zero attached hydrogens (tertiary/aromatic N) is 6. The predicted octanol–water partition coefficient (Wildman–Crippen LogP) is 2.13. The number of fused-ring (bicyclic) bond motifs is 1. The maximum atomic E-state index is 11.9. The zero-order valence-corrected chi connectivity index (χ0v) is 17.0. The second kappa shape index (κ2) is 7.65. The maximum Gasteiger partial charge on any atom is 0.245 e. The second-order valence-electron chi connectivity index (χ2n) is 7.12. The van der Waals surface area contributed by atoms with E-state index in [1.165, 1.54) is 6.33 Å². The minimum atomic E-state index is -0.0982. The molecule has 9 heteroatoms. The first-order valence-electron chi connectivity index (χ1n) is 9.64. The van der Waals surface area contributed by atoms with E-state index in [9.17, 15) is 4.79 Å². The van der Waals surface area contributed by atoms with Gasteiger partial charge in [-0.1, -0.05) is 6.92 Å². The summed E-state index contributed by atoms with van der Waals surface area (Å²) >= 11 is 0. The molecule has 1 aliphatic heterocycles. The quantitative estimate of drug-likeness (QED) is 0.652. The Morgan fingerprint density at radius 2 is 2.10 bits per heavy atom. The summed E-state index contributed by atoms with van der Waals surface area (Å²) in [7, 11) is 3.50. The zero-order valence-electron chi connectivity index (χ0n) is 17.0. The molecule has 4 heterocycles. The molecule has 3 aromatic rings. The molecule has 1 atom stereocenters. The van der Waals surface area contributed by atoms with E-state index in [1.54, 1.807) is 13.3 Å². The first kappa shape index (κ1) is 19.1. The molecule has 9 nitrogen and oxygen atoms in total. The van der Waals surface area contributed by atoms with Crippen molar-refractivity contribution in [3.05, 3.63) is 24.2 Å². The Morgan fingerprint density at radius 1 is 1.28 bits per heavy atom. The molecule has 0 saturated carbocycles. The Hall–Kier alpha value is -3.23. The predicted molar refractivity (Wildman–Crippen MR) is 107 cm³/mol. The molecule has 0 spiro atoms. The van der Waals surface area contributed by atoms with Gasteiger partial charge in [0, 0.05) is 43.8 Å². The van der Waals surface area contributed by atoms with Gasteiger partial charge in [0.05, 0.1) is 13.7 Å². The molecule has 0 N–H and O–H groups in total. The third-order valence-electron chi connectivity index (χ3n) is 5.18. The number of ether oxygens (including phenoxy) is 2. The molecular weight excluding hydrogens is 372 g/mol. The summed E-state index contributed by atoms with van der Waals surface area (Å²) in [6.45, 7) is 5.08. The van der Waals surface area contributed by atoms with Gasteiger partial charge in [0.2, 0.25) is 17.7 Å². The molecule has 1 amide bonds. The van der Waals surface area contributed by atoms with Crippen molar-refractivity contribution in [2.45, 2.75) is 32.8 Å². The smallest absolute Gasteiger partial charge is 0.245 e. The minimum Gasteiger partial charge on any atom is -0.481 e. The van der Waals surface area contributed by atoms with E-state index in [4.69, 9.17) is 14.5 Å². The van der Waals surface area contributed by atoms with Gasteiger partial charge in [0.25, 0.3) is 0 Å². The van der Waals surface area contributed by atoms with Crippen LogP contribution in [0.5, 0.6) is 11.8 Å². The normalized spacial score (nSPS) is 16.4. The van der Waals surface area contributed by atoms with E-state index >= 15 is 0 Å². The summed E-state index contributed by atoms with van der Waals surface area (Å²) in [6.07, 6.45) is 4.39. The highest BCUT2D eigenvalue weighted by Crippen LogP contribution is 2.29. The van der Waals surface area contributed by atoms with Crippen LogP contribution in [0.3, 0.4) is 0 Å². The number of likely N-dealkylation sites (tertiary alicyclic amines) is 1. The van der Waals surface area contributed by atoms with Crippen LogP contribution in [0, 0.1) is 6.92 Å². The largest absolute Gasteiger partial charge is 0.481 e. The topological polar surface area (TPSA) is 95.3 Å². The van der Waals surface area contributed by atoms with Crippen molar-refractivity contribution >= 4 is 17.1 Å². The molecule has 1 fully saturated rings. The molecule has 152 valence electrons. The van der Waals surface area contributed by atoms with Crippen molar-refractivity contribution in [2.24, 2.45) is 7.05 Å². The number of methoxy groups -OCH3 is 1. The molecule has 1 aliphatic rings. The highest BCUT2D eigenvalue weighted by molar-refractivity contribution is 5.81. The van der Waals surface area contributed by atoms with Gasteiger partial charge in [-0.3, -0.25) is 4.79 Å². The van der Waals surface area contributed by atoms with E-state index in [2.05, 4.69) is 15.0 Å². The molecule has 0 bridgehead atoms. The van der Waals surface area contributed by atoms with E-state index in [-0.39, 0.29) is 12.0 Å². The van der Waals surface area contributed by atoms with E-state index in [1.807, 2.05) is 36.4 Å². The summed E-state index contributed by atoms with van der Waals surface area (Å²) in [5, 5.41) is 0. The van der Waals surface area contributed by atoms with Crippen molar-refractivity contribution in [1.82, 2.24) is 29.4 Å². The fraction of sp³-hybridized carbons (Fsp3) is 0.450. The van der Waals surface area contributed by atoms with Crippen molar-refractivity contribution < 1.29 is 14.3 Å². The fourth-order valence-corrected chi connectivity index (χ4v) is 3.65. The van der Waals surface area contributed by atoms with Crippen LogP contribution in [-0.4, -0.2) is 61.6 Å². The number of pyridine rings is 1. The summed E-state index contributed by atoms with van der Waals surface area (Å²) in [4.78, 5) is 31.5. The number of amides is 1. The number of imidazole rings is 1. The molecule has 1 saturated heterocycles. The monoisotopic (exact) mass is 396 g/mol. The van der Waals surface area contributed by atoms with Gasteiger partial charge in [-0.25, -0.2) is 15.0 Å². The lowest BCUT2D eigenvalue weighted by Gasteiger charge is -2.16. The molecule has 0 radical (unpaired) electrons. The lowest BCUT2D eigenvalue weighted by Crippen LogP contribution is -2.30. The maximum absolute atomic E-state index is 11.9. The summed E-state index contributed by atoms with van der Waals surface area (Å²) in [5.74, 6) is 1.89. The fourth-order valence-electron chi connectivity index (χ4n) is 3.65. The van der Waals surface area contributed by atoms with Gasteiger partial charge >= 0.3 is 0 Å². The van der Waals surface area contributed by atoms with Crippen molar-refractivity contribution in [3.8, 4) is 23.1 Å². The number of hydrogen-bond acceptors (Lipinski definition) is 7. The van der Waals surface area contributed by atoms with Gasteiger partial charge in [0.15, 0.2) is 11.2 Å². The number of rotatable bonds is 5. The van der Waals surface area contributed by atoms with Crippen LogP contribution in [0.2, 0.25) is 0 Å². The van der Waals surface area contributed by atoms with Crippen LogP contribution >= 0.6 is 0 Å². The van der Waals surface area contributed by atoms with Crippen LogP contribution < -0.4 is 9.47 Å². The van der Waals surface area contributed by atoms with Gasteiger partial charge < -0.3 is 18.9 Å². The summed E-state index contributed by atoms with van der Waals surface area (Å²) in [5.41, 5.74) is 3.05. The molecule has 29 heavy (non-hydrogen) atoms. The first-order valence-corrected chi connectivity index (χ1v) is 9.64. The highest BCUT2D eigenvalue weighted by atomic mass is 16.5. The summed E-state index contributed by atoms with van der Waals surface area (Å²) in [6, 6.07) is 1.98. The zero-order chi connectivity index (χ0) is 20.5. The molecule has 3 aromatic heterocycles. The number of hydrogen-bond donors (Lipinski definition) is 0. The van der Waals surface area contributed by atoms with E-state index < -0.39 is 0 Å². The Labute approximate surface area is 168 Å². The van der Waals surface area contributed by atoms with Crippen LogP contribution in [0.15, 0.2) is 18.6 Å². The van der Waals surface area contributed by atoms with E-state index in [0.717, 1.165) is 23.4 Å². The van der Waals surface area contributed by atoms with Crippen LogP contribution in [0.25, 0.3) is 22.6 Å². The van der Waals surface area contributed by atoms with Gasteiger partial charge in [-0.15, -0.1) is 0 Å². The first-order chi connectivity index (χ1) is 14.0. The SMILES string of the molecule is CCC(=O)N1CC[C@H](Oc2ncnc3c2nc(-c2cnc(OC)c(C)c2)n3C)C1. The number of aryl methyl sites for hydroxylation is 2. The standard InChI is InChI=1S/C20H24N6O3/c1-5-15(27)26-7-6-14(10-26)29-20-16-18(22-11-23-20)25(3)17(24-16)13-8-12(2)19(28-4)21-9-13/h8-9,11,14H,5-7,10H2,1-4H3/t14-/m0/s1. The Bertz CT molecular complexity index is 1060. The molecular formula is C20H24N6O3. The van der Waals surface area contributed by atoms with Crippen LogP contribution in [0.4, 0.5) is 0 Å². The van der Waals surface area contributed by atoms with Crippen LogP contribution in [-0.2, 0) is 11.8 Å². The Balaban J connectivity index is 1.65. The second-order valence-corrected chi connectivity index (χ2v) is 7.12. The van der Waals surface area contributed by atoms with E-state index in [0.29, 0.717) is 42.4 Å². The van der Waals surface area contributed by atoms with Gasteiger partial charge in [0.1, 0.15) is 18.3 Å². The highest BCUT2D eigenvalue weighted by Gasteiger charge is 2.28. The molecule has 0 aliphatic carbocycles. The third-order valence-corrected chi connectivity index (χ3v) is 5.18. The molecule has 0 unspecified atom stereocenters. The minimum absolute atomic E-state index is 0.0982. The average molecular weight is 396 g/mol. The van der Waals surface area contributed by atoms with Crippen molar-refractivity contribution in [3.63, 3.8) is 0 Å². The Morgan fingerprint density at radius 3 is 2.83 bits per heavy atom. The molecule has 4 rings (SSSR count).